The standard InChI is InChI=1S/C22H24N2O6/c1-15-20(11-19(30-15)14-29-17-8-6-16(27-3)7-9-17)22(26)24(2)13-21(25)23-12-18-5-4-10-28-18/h4-11H,12-14H2,1-3H3,(H,23,25). The van der Waals surface area contributed by atoms with E-state index in [1.807, 2.05) is 0 Å². The van der Waals surface area contributed by atoms with Crippen LogP contribution in [-0.2, 0) is 17.9 Å². The highest BCUT2D eigenvalue weighted by atomic mass is 16.5. The Morgan fingerprint density at radius 2 is 1.83 bits per heavy atom. The van der Waals surface area contributed by atoms with Gasteiger partial charge in [-0.25, -0.2) is 0 Å². The third kappa shape index (κ3) is 5.44. The van der Waals surface area contributed by atoms with Crippen LogP contribution >= 0.6 is 0 Å². The fraction of sp³-hybridized carbons (Fsp3) is 0.273. The molecule has 0 fully saturated rings. The fourth-order valence-electron chi connectivity index (χ4n) is 2.80. The maximum atomic E-state index is 12.7. The Labute approximate surface area is 174 Å². The fourth-order valence-corrected chi connectivity index (χ4v) is 2.80. The summed E-state index contributed by atoms with van der Waals surface area (Å²) in [5.41, 5.74) is 0.393. The van der Waals surface area contributed by atoms with Crippen molar-refractivity contribution in [2.24, 2.45) is 0 Å². The van der Waals surface area contributed by atoms with E-state index in [1.54, 1.807) is 63.5 Å². The Bertz CT molecular complexity index is 976. The van der Waals surface area contributed by atoms with Crippen molar-refractivity contribution >= 4 is 11.8 Å². The average molecular weight is 412 g/mol. The van der Waals surface area contributed by atoms with Crippen molar-refractivity contribution in [2.45, 2.75) is 20.1 Å². The van der Waals surface area contributed by atoms with Gasteiger partial charge in [-0.1, -0.05) is 0 Å². The van der Waals surface area contributed by atoms with Crippen LogP contribution in [-0.4, -0.2) is 37.4 Å². The minimum absolute atomic E-state index is 0.0815. The van der Waals surface area contributed by atoms with Gasteiger partial charge in [0.25, 0.3) is 5.91 Å². The molecule has 8 nitrogen and oxygen atoms in total. The van der Waals surface area contributed by atoms with Crippen LogP contribution in [0.1, 0.15) is 27.6 Å². The summed E-state index contributed by atoms with van der Waals surface area (Å²) in [6.07, 6.45) is 1.54. The van der Waals surface area contributed by atoms with Gasteiger partial charge in [0.05, 0.1) is 32.0 Å². The number of methoxy groups -OCH3 is 1. The summed E-state index contributed by atoms with van der Waals surface area (Å²) in [6, 6.07) is 12.3. The third-order valence-electron chi connectivity index (χ3n) is 4.41. The minimum atomic E-state index is -0.305. The van der Waals surface area contributed by atoms with Gasteiger partial charge >= 0.3 is 0 Å². The zero-order valence-electron chi connectivity index (χ0n) is 17.1. The first kappa shape index (κ1) is 21.0. The summed E-state index contributed by atoms with van der Waals surface area (Å²) < 4.78 is 21.6. The van der Waals surface area contributed by atoms with Crippen molar-refractivity contribution < 1.29 is 27.9 Å². The van der Waals surface area contributed by atoms with Crippen LogP contribution in [0, 0.1) is 6.92 Å². The largest absolute Gasteiger partial charge is 0.497 e. The Morgan fingerprint density at radius 3 is 2.50 bits per heavy atom. The predicted octanol–water partition coefficient (Wildman–Crippen LogP) is 3.16. The molecule has 3 aromatic rings. The molecular formula is C22H24N2O6. The van der Waals surface area contributed by atoms with Crippen LogP contribution in [0.15, 0.2) is 57.6 Å². The van der Waals surface area contributed by atoms with Crippen LogP contribution < -0.4 is 14.8 Å². The zero-order valence-corrected chi connectivity index (χ0v) is 17.1. The molecule has 0 aliphatic rings. The number of benzene rings is 1. The summed E-state index contributed by atoms with van der Waals surface area (Å²) in [7, 11) is 3.16. The monoisotopic (exact) mass is 412 g/mol. The lowest BCUT2D eigenvalue weighted by Crippen LogP contribution is -2.38. The van der Waals surface area contributed by atoms with Crippen LogP contribution in [0.4, 0.5) is 0 Å². The molecule has 0 saturated heterocycles. The quantitative estimate of drug-likeness (QED) is 0.580. The van der Waals surface area contributed by atoms with Crippen LogP contribution in [0.5, 0.6) is 11.5 Å². The highest BCUT2D eigenvalue weighted by Crippen LogP contribution is 2.21. The van der Waals surface area contributed by atoms with Crippen molar-refractivity contribution in [2.75, 3.05) is 20.7 Å². The molecule has 8 heteroatoms. The first-order valence-corrected chi connectivity index (χ1v) is 9.37. The molecule has 0 aliphatic heterocycles. The summed E-state index contributed by atoms with van der Waals surface area (Å²) in [4.78, 5) is 26.1. The van der Waals surface area contributed by atoms with Crippen molar-refractivity contribution in [1.82, 2.24) is 10.2 Å². The first-order chi connectivity index (χ1) is 14.5. The molecular weight excluding hydrogens is 388 g/mol. The highest BCUT2D eigenvalue weighted by molar-refractivity contribution is 5.97. The van der Waals surface area contributed by atoms with E-state index in [9.17, 15) is 9.59 Å². The molecule has 30 heavy (non-hydrogen) atoms. The zero-order chi connectivity index (χ0) is 21.5. The number of carbonyl (C=O) groups is 2. The van der Waals surface area contributed by atoms with E-state index in [0.29, 0.717) is 28.6 Å². The molecule has 0 spiro atoms. The van der Waals surface area contributed by atoms with E-state index in [0.717, 1.165) is 5.75 Å². The molecule has 2 aromatic heterocycles. The van der Waals surface area contributed by atoms with Gasteiger partial charge in [0.15, 0.2) is 0 Å². The van der Waals surface area contributed by atoms with Crippen molar-refractivity contribution in [1.29, 1.82) is 0 Å². The second-order valence-corrected chi connectivity index (χ2v) is 6.66. The van der Waals surface area contributed by atoms with E-state index < -0.39 is 0 Å². The number of amides is 2. The van der Waals surface area contributed by atoms with E-state index in [4.69, 9.17) is 18.3 Å². The van der Waals surface area contributed by atoms with Crippen molar-refractivity contribution in [3.05, 3.63) is 71.6 Å². The SMILES string of the molecule is COc1ccc(OCc2cc(C(=O)N(C)CC(=O)NCc3ccco3)c(C)o2)cc1. The van der Waals surface area contributed by atoms with Gasteiger partial charge in [-0.15, -0.1) is 0 Å². The predicted molar refractivity (Wildman–Crippen MR) is 108 cm³/mol. The number of hydrogen-bond acceptors (Lipinski definition) is 6. The molecule has 0 aliphatic carbocycles. The minimum Gasteiger partial charge on any atom is -0.497 e. The summed E-state index contributed by atoms with van der Waals surface area (Å²) >= 11 is 0. The molecule has 0 unspecified atom stereocenters. The number of likely N-dealkylation sites (N-methyl/N-ethyl adjacent to an activating group) is 1. The smallest absolute Gasteiger partial charge is 0.257 e. The van der Waals surface area contributed by atoms with E-state index in [-0.39, 0.29) is 31.5 Å². The molecule has 0 atom stereocenters. The lowest BCUT2D eigenvalue weighted by atomic mass is 10.2. The van der Waals surface area contributed by atoms with Crippen LogP contribution in [0.3, 0.4) is 0 Å². The van der Waals surface area contributed by atoms with Crippen molar-refractivity contribution in [3.63, 3.8) is 0 Å². The maximum absolute atomic E-state index is 12.7. The number of aryl methyl sites for hydroxylation is 1. The Morgan fingerprint density at radius 1 is 1.10 bits per heavy atom. The van der Waals surface area contributed by atoms with Gasteiger partial charge in [-0.2, -0.15) is 0 Å². The van der Waals surface area contributed by atoms with Gasteiger partial charge < -0.3 is 28.5 Å². The number of hydrogen-bond donors (Lipinski definition) is 1. The Hall–Kier alpha value is -3.68. The van der Waals surface area contributed by atoms with Gasteiger partial charge in [0.2, 0.25) is 5.91 Å². The number of ether oxygens (including phenoxy) is 2. The van der Waals surface area contributed by atoms with Gasteiger partial charge in [0.1, 0.15) is 35.4 Å². The highest BCUT2D eigenvalue weighted by Gasteiger charge is 2.20. The number of rotatable bonds is 9. The summed E-state index contributed by atoms with van der Waals surface area (Å²) in [5.74, 6) is 2.43. The molecule has 3 rings (SSSR count). The molecule has 0 radical (unpaired) electrons. The second kappa shape index (κ2) is 9.69. The van der Waals surface area contributed by atoms with E-state index >= 15 is 0 Å². The number of carbonyl (C=O) groups excluding carboxylic acids is 2. The molecule has 2 heterocycles. The third-order valence-corrected chi connectivity index (χ3v) is 4.41. The maximum Gasteiger partial charge on any atom is 0.257 e. The Kier molecular flexibility index (Phi) is 6.79. The number of furan rings is 2. The van der Waals surface area contributed by atoms with Gasteiger partial charge in [0, 0.05) is 7.05 Å². The van der Waals surface area contributed by atoms with Crippen LogP contribution in [0.2, 0.25) is 0 Å². The molecule has 0 bridgehead atoms. The Balaban J connectivity index is 1.53. The topological polar surface area (TPSA) is 94.2 Å². The van der Waals surface area contributed by atoms with Crippen molar-refractivity contribution in [3.8, 4) is 11.5 Å². The lowest BCUT2D eigenvalue weighted by Gasteiger charge is -2.16. The second-order valence-electron chi connectivity index (χ2n) is 6.66. The van der Waals surface area contributed by atoms with E-state index in [2.05, 4.69) is 5.32 Å². The number of nitrogens with zero attached hydrogens (tertiary/aromatic N) is 1. The van der Waals surface area contributed by atoms with E-state index in [1.165, 1.54) is 11.2 Å². The average Bonchev–Trinajstić information content (AvgIpc) is 3.40. The van der Waals surface area contributed by atoms with Gasteiger partial charge in [-0.05, 0) is 49.4 Å². The molecule has 0 saturated carbocycles. The lowest BCUT2D eigenvalue weighted by molar-refractivity contribution is -0.121. The molecule has 158 valence electrons. The molecule has 2 amide bonds. The normalized spacial score (nSPS) is 10.5. The molecule has 1 aromatic carbocycles. The first-order valence-electron chi connectivity index (χ1n) is 9.37. The molecule has 1 N–H and O–H groups in total. The summed E-state index contributed by atoms with van der Waals surface area (Å²) in [6.45, 7) is 2.07. The van der Waals surface area contributed by atoms with Crippen LogP contribution in [0.25, 0.3) is 0 Å². The van der Waals surface area contributed by atoms with Gasteiger partial charge in [-0.3, -0.25) is 9.59 Å². The summed E-state index contributed by atoms with van der Waals surface area (Å²) in [5, 5.41) is 2.71. The number of nitrogens with one attached hydrogen (secondary N) is 1.